The molecule has 0 radical (unpaired) electrons. The van der Waals surface area contributed by atoms with E-state index in [1.807, 2.05) is 6.92 Å². The van der Waals surface area contributed by atoms with E-state index in [4.69, 9.17) is 0 Å². The maximum atomic E-state index is 12.0. The molecule has 0 bridgehead atoms. The number of nitrogens with one attached hydrogen (secondary N) is 1. The van der Waals surface area contributed by atoms with Crippen LogP contribution in [0.1, 0.15) is 15.9 Å². The Morgan fingerprint density at radius 1 is 1.00 bits per heavy atom. The van der Waals surface area contributed by atoms with E-state index < -0.39 is 21.6 Å². The Morgan fingerprint density at radius 2 is 1.60 bits per heavy atom. The third-order valence-electron chi connectivity index (χ3n) is 2.84. The normalized spacial score (nSPS) is 11.1. The SMILES string of the molecule is Cc1ccc(C(=O)NCS(=O)(=O)c2ccccc2)cc1. The Hall–Kier alpha value is -2.14. The quantitative estimate of drug-likeness (QED) is 0.938. The summed E-state index contributed by atoms with van der Waals surface area (Å²) >= 11 is 0. The molecule has 2 aromatic carbocycles. The average Bonchev–Trinajstić information content (AvgIpc) is 2.46. The Morgan fingerprint density at radius 3 is 2.20 bits per heavy atom. The van der Waals surface area contributed by atoms with E-state index in [2.05, 4.69) is 5.32 Å². The van der Waals surface area contributed by atoms with Gasteiger partial charge >= 0.3 is 0 Å². The smallest absolute Gasteiger partial charge is 0.252 e. The number of carbonyl (C=O) groups excluding carboxylic acids is 1. The van der Waals surface area contributed by atoms with E-state index in [9.17, 15) is 13.2 Å². The molecule has 0 fully saturated rings. The fraction of sp³-hybridized carbons (Fsp3) is 0.133. The molecule has 20 heavy (non-hydrogen) atoms. The van der Waals surface area contributed by atoms with Crippen molar-refractivity contribution in [2.45, 2.75) is 11.8 Å². The van der Waals surface area contributed by atoms with Crippen LogP contribution in [-0.4, -0.2) is 20.2 Å². The molecule has 1 N–H and O–H groups in total. The standard InChI is InChI=1S/C15H15NO3S/c1-12-7-9-13(10-8-12)15(17)16-11-20(18,19)14-5-3-2-4-6-14/h2-10H,11H2,1H3,(H,16,17). The molecule has 2 aromatic rings. The molecule has 0 heterocycles. The maximum absolute atomic E-state index is 12.0. The van der Waals surface area contributed by atoms with Gasteiger partial charge in [0.25, 0.3) is 5.91 Å². The summed E-state index contributed by atoms with van der Waals surface area (Å²) in [5.74, 6) is -0.812. The van der Waals surface area contributed by atoms with Crippen molar-refractivity contribution >= 4 is 15.7 Å². The summed E-state index contributed by atoms with van der Waals surface area (Å²) in [6.45, 7) is 1.92. The highest BCUT2D eigenvalue weighted by Crippen LogP contribution is 2.09. The van der Waals surface area contributed by atoms with Crippen molar-refractivity contribution in [3.8, 4) is 0 Å². The molecule has 2 rings (SSSR count). The number of aryl methyl sites for hydroxylation is 1. The van der Waals surface area contributed by atoms with Crippen molar-refractivity contribution in [1.82, 2.24) is 5.32 Å². The zero-order chi connectivity index (χ0) is 14.6. The molecule has 0 saturated carbocycles. The second-order valence-corrected chi connectivity index (χ2v) is 6.43. The van der Waals surface area contributed by atoms with Crippen LogP contribution in [-0.2, 0) is 9.84 Å². The first kappa shape index (κ1) is 14.3. The van der Waals surface area contributed by atoms with Crippen LogP contribution in [0.3, 0.4) is 0 Å². The van der Waals surface area contributed by atoms with Gasteiger partial charge in [0.15, 0.2) is 9.84 Å². The molecule has 1 amide bonds. The largest absolute Gasteiger partial charge is 0.338 e. The first-order chi connectivity index (χ1) is 9.49. The molecule has 0 aromatic heterocycles. The van der Waals surface area contributed by atoms with Crippen LogP contribution >= 0.6 is 0 Å². The highest BCUT2D eigenvalue weighted by atomic mass is 32.2. The number of rotatable bonds is 4. The van der Waals surface area contributed by atoms with Gasteiger partial charge < -0.3 is 5.32 Å². The molecule has 104 valence electrons. The molecule has 0 aliphatic carbocycles. The van der Waals surface area contributed by atoms with Gasteiger partial charge in [-0.3, -0.25) is 4.79 Å². The monoisotopic (exact) mass is 289 g/mol. The molecule has 0 spiro atoms. The van der Waals surface area contributed by atoms with Crippen molar-refractivity contribution in [3.63, 3.8) is 0 Å². The van der Waals surface area contributed by atoms with E-state index >= 15 is 0 Å². The highest BCUT2D eigenvalue weighted by molar-refractivity contribution is 7.91. The van der Waals surface area contributed by atoms with Crippen LogP contribution in [0.4, 0.5) is 0 Å². The first-order valence-electron chi connectivity index (χ1n) is 6.12. The van der Waals surface area contributed by atoms with Crippen molar-refractivity contribution in [2.75, 3.05) is 5.88 Å². The third kappa shape index (κ3) is 3.45. The minimum atomic E-state index is -3.50. The van der Waals surface area contributed by atoms with Gasteiger partial charge in [-0.05, 0) is 31.2 Å². The summed E-state index contributed by atoms with van der Waals surface area (Å²) in [5, 5.41) is 2.43. The Bertz CT molecular complexity index is 692. The van der Waals surface area contributed by atoms with Gasteiger partial charge in [0.1, 0.15) is 5.88 Å². The number of benzene rings is 2. The van der Waals surface area contributed by atoms with Crippen LogP contribution < -0.4 is 5.32 Å². The van der Waals surface area contributed by atoms with E-state index in [1.165, 1.54) is 12.1 Å². The number of carbonyl (C=O) groups is 1. The maximum Gasteiger partial charge on any atom is 0.252 e. The van der Waals surface area contributed by atoms with Gasteiger partial charge in [0.05, 0.1) is 4.90 Å². The minimum absolute atomic E-state index is 0.198. The number of hydrogen-bond acceptors (Lipinski definition) is 3. The summed E-state index contributed by atoms with van der Waals surface area (Å²) in [6.07, 6.45) is 0. The molecule has 0 unspecified atom stereocenters. The minimum Gasteiger partial charge on any atom is -0.338 e. The lowest BCUT2D eigenvalue weighted by atomic mass is 10.1. The van der Waals surface area contributed by atoms with E-state index in [-0.39, 0.29) is 4.90 Å². The van der Waals surface area contributed by atoms with Gasteiger partial charge in [0, 0.05) is 5.56 Å². The Balaban J connectivity index is 2.05. The van der Waals surface area contributed by atoms with E-state index in [0.717, 1.165) is 5.56 Å². The molecule has 4 nitrogen and oxygen atoms in total. The topological polar surface area (TPSA) is 63.2 Å². The predicted octanol–water partition coefficient (Wildman–Crippen LogP) is 2.16. The number of sulfone groups is 1. The van der Waals surface area contributed by atoms with Crippen LogP contribution in [0.2, 0.25) is 0 Å². The fourth-order valence-corrected chi connectivity index (χ4v) is 2.74. The molecular weight excluding hydrogens is 274 g/mol. The highest BCUT2D eigenvalue weighted by Gasteiger charge is 2.15. The summed E-state index contributed by atoms with van der Waals surface area (Å²) in [6, 6.07) is 15.0. The number of hydrogen-bond donors (Lipinski definition) is 1. The predicted molar refractivity (Wildman–Crippen MR) is 77.1 cm³/mol. The molecule has 0 atom stereocenters. The van der Waals surface area contributed by atoms with Crippen LogP contribution in [0.25, 0.3) is 0 Å². The molecule has 5 heteroatoms. The van der Waals surface area contributed by atoms with Crippen LogP contribution in [0, 0.1) is 6.92 Å². The summed E-state index contributed by atoms with van der Waals surface area (Å²) in [7, 11) is -3.50. The summed E-state index contributed by atoms with van der Waals surface area (Å²) in [4.78, 5) is 12.1. The molecule has 0 aliphatic rings. The van der Waals surface area contributed by atoms with Crippen LogP contribution in [0.15, 0.2) is 59.5 Å². The lowest BCUT2D eigenvalue weighted by Crippen LogP contribution is -2.29. The van der Waals surface area contributed by atoms with E-state index in [0.29, 0.717) is 5.56 Å². The summed E-state index contributed by atoms with van der Waals surface area (Å²) in [5.41, 5.74) is 1.48. The average molecular weight is 289 g/mol. The third-order valence-corrected chi connectivity index (χ3v) is 4.35. The van der Waals surface area contributed by atoms with Gasteiger partial charge in [-0.2, -0.15) is 0 Å². The fourth-order valence-electron chi connectivity index (χ4n) is 1.68. The van der Waals surface area contributed by atoms with Crippen molar-refractivity contribution < 1.29 is 13.2 Å². The number of amides is 1. The first-order valence-corrected chi connectivity index (χ1v) is 7.77. The van der Waals surface area contributed by atoms with Crippen molar-refractivity contribution in [1.29, 1.82) is 0 Å². The second kappa shape index (κ2) is 5.88. The van der Waals surface area contributed by atoms with Gasteiger partial charge in [-0.15, -0.1) is 0 Å². The van der Waals surface area contributed by atoms with Gasteiger partial charge in [-0.25, -0.2) is 8.42 Å². The Kier molecular flexibility index (Phi) is 4.20. The lowest BCUT2D eigenvalue weighted by Gasteiger charge is -2.07. The molecule has 0 saturated heterocycles. The van der Waals surface area contributed by atoms with Crippen molar-refractivity contribution in [3.05, 3.63) is 65.7 Å². The molecular formula is C15H15NO3S. The zero-order valence-electron chi connectivity index (χ0n) is 11.0. The van der Waals surface area contributed by atoms with Crippen LogP contribution in [0.5, 0.6) is 0 Å². The van der Waals surface area contributed by atoms with Gasteiger partial charge in [-0.1, -0.05) is 35.9 Å². The van der Waals surface area contributed by atoms with Crippen molar-refractivity contribution in [2.24, 2.45) is 0 Å². The lowest BCUT2D eigenvalue weighted by molar-refractivity contribution is 0.0960. The molecule has 0 aliphatic heterocycles. The van der Waals surface area contributed by atoms with E-state index in [1.54, 1.807) is 42.5 Å². The zero-order valence-corrected chi connectivity index (χ0v) is 11.9. The second-order valence-electron chi connectivity index (χ2n) is 4.44. The Labute approximate surface area is 118 Å². The summed E-state index contributed by atoms with van der Waals surface area (Å²) < 4.78 is 24.0. The van der Waals surface area contributed by atoms with Gasteiger partial charge in [0.2, 0.25) is 0 Å².